The number of nitrogens with zero attached hydrogens (tertiary/aromatic N) is 3. The second-order valence-electron chi connectivity index (χ2n) is 8.57. The summed E-state index contributed by atoms with van der Waals surface area (Å²) in [5.74, 6) is 0.583. The van der Waals surface area contributed by atoms with Gasteiger partial charge in [0.2, 0.25) is 0 Å². The fourth-order valence-electron chi connectivity index (χ4n) is 4.60. The Balaban J connectivity index is 1.36. The van der Waals surface area contributed by atoms with Crippen molar-refractivity contribution in [2.75, 3.05) is 6.54 Å². The van der Waals surface area contributed by atoms with Crippen LogP contribution in [0.25, 0.3) is 11.1 Å². The van der Waals surface area contributed by atoms with Gasteiger partial charge < -0.3 is 9.88 Å². The third kappa shape index (κ3) is 4.31. The number of amides is 1. The van der Waals surface area contributed by atoms with Crippen molar-refractivity contribution in [1.29, 1.82) is 0 Å². The third-order valence-electron chi connectivity index (χ3n) is 6.56. The first kappa shape index (κ1) is 21.0. The number of rotatable bonds is 5. The fourth-order valence-corrected chi connectivity index (χ4v) is 4.60. The summed E-state index contributed by atoms with van der Waals surface area (Å²) < 4.78 is 1.53. The minimum Gasteiger partial charge on any atom is -0.352 e. The first-order valence-corrected chi connectivity index (χ1v) is 10.8. The lowest BCUT2D eigenvalue weighted by molar-refractivity contribution is 0.0940. The standard InChI is InChI=1S/C24H29N5O2/c1-15-12-16(2)29(3)24(31)21(15)23(30)26-13-17-4-6-19(7-5-17)22-20(14-27-28-22)18-8-10-25-11-9-18/h8-12,14,17,19H,4-7,13H2,1-3H3,(H,26,30)(H,27,28). The van der Waals surface area contributed by atoms with Crippen molar-refractivity contribution >= 4 is 5.91 Å². The number of hydrogen-bond donors (Lipinski definition) is 2. The predicted octanol–water partition coefficient (Wildman–Crippen LogP) is 3.49. The van der Waals surface area contributed by atoms with E-state index in [1.54, 1.807) is 19.4 Å². The molecule has 3 aromatic rings. The van der Waals surface area contributed by atoms with Gasteiger partial charge in [-0.15, -0.1) is 0 Å². The molecule has 0 atom stereocenters. The highest BCUT2D eigenvalue weighted by molar-refractivity contribution is 5.95. The molecule has 2 N–H and O–H groups in total. The Kier molecular flexibility index (Phi) is 6.02. The number of carbonyl (C=O) groups excluding carboxylic acids is 1. The first-order valence-electron chi connectivity index (χ1n) is 10.8. The first-order chi connectivity index (χ1) is 15.0. The summed E-state index contributed by atoms with van der Waals surface area (Å²) in [5.41, 5.74) is 5.05. The van der Waals surface area contributed by atoms with Crippen LogP contribution < -0.4 is 10.9 Å². The van der Waals surface area contributed by atoms with Crippen LogP contribution in [0.2, 0.25) is 0 Å². The van der Waals surface area contributed by atoms with Crippen LogP contribution in [0.5, 0.6) is 0 Å². The summed E-state index contributed by atoms with van der Waals surface area (Å²) in [4.78, 5) is 29.3. The number of pyridine rings is 2. The minimum atomic E-state index is -0.270. The third-order valence-corrected chi connectivity index (χ3v) is 6.56. The molecule has 1 saturated carbocycles. The highest BCUT2D eigenvalue weighted by Gasteiger charge is 2.26. The lowest BCUT2D eigenvalue weighted by atomic mass is 9.79. The van der Waals surface area contributed by atoms with Crippen molar-refractivity contribution < 1.29 is 4.79 Å². The van der Waals surface area contributed by atoms with Gasteiger partial charge in [-0.3, -0.25) is 19.7 Å². The van der Waals surface area contributed by atoms with Gasteiger partial charge in [0.15, 0.2) is 0 Å². The second-order valence-corrected chi connectivity index (χ2v) is 8.57. The highest BCUT2D eigenvalue weighted by atomic mass is 16.2. The monoisotopic (exact) mass is 419 g/mol. The number of aromatic amines is 1. The van der Waals surface area contributed by atoms with Crippen LogP contribution in [0, 0.1) is 19.8 Å². The van der Waals surface area contributed by atoms with E-state index < -0.39 is 0 Å². The topological polar surface area (TPSA) is 92.7 Å². The number of nitrogens with one attached hydrogen (secondary N) is 2. The molecular formula is C24H29N5O2. The Morgan fingerprint density at radius 1 is 1.19 bits per heavy atom. The molecule has 1 aliphatic rings. The largest absolute Gasteiger partial charge is 0.352 e. The molecule has 4 rings (SSSR count). The Hall–Kier alpha value is -3.22. The smallest absolute Gasteiger partial charge is 0.263 e. The average molecular weight is 420 g/mol. The number of H-pyrrole nitrogens is 1. The maximum atomic E-state index is 12.7. The predicted molar refractivity (Wildman–Crippen MR) is 120 cm³/mol. The van der Waals surface area contributed by atoms with Crippen LogP contribution in [-0.2, 0) is 7.05 Å². The summed E-state index contributed by atoms with van der Waals surface area (Å²) in [5, 5.41) is 10.5. The molecule has 3 aromatic heterocycles. The fraction of sp³-hybridized carbons (Fsp3) is 0.417. The molecule has 0 aliphatic heterocycles. The molecule has 0 aromatic carbocycles. The van der Waals surface area contributed by atoms with Crippen molar-refractivity contribution in [1.82, 2.24) is 25.1 Å². The number of carbonyl (C=O) groups is 1. The van der Waals surface area contributed by atoms with E-state index in [1.165, 1.54) is 10.3 Å². The summed E-state index contributed by atoms with van der Waals surface area (Å²) in [7, 11) is 1.70. The Bertz CT molecular complexity index is 1120. The van der Waals surface area contributed by atoms with Crippen LogP contribution in [0.1, 0.15) is 58.9 Å². The maximum absolute atomic E-state index is 12.7. The van der Waals surface area contributed by atoms with Gasteiger partial charge in [-0.05, 0) is 74.8 Å². The Morgan fingerprint density at radius 3 is 2.61 bits per heavy atom. The van der Waals surface area contributed by atoms with Crippen molar-refractivity contribution in [2.45, 2.75) is 45.4 Å². The van der Waals surface area contributed by atoms with Crippen LogP contribution in [0.3, 0.4) is 0 Å². The number of aromatic nitrogens is 4. The van der Waals surface area contributed by atoms with Gasteiger partial charge in [0.25, 0.3) is 11.5 Å². The minimum absolute atomic E-state index is 0.235. The SMILES string of the molecule is Cc1cc(C)n(C)c(=O)c1C(=O)NCC1CCC(c2[nH]ncc2-c2ccncc2)CC1. The van der Waals surface area contributed by atoms with Gasteiger partial charge in [-0.25, -0.2) is 0 Å². The lowest BCUT2D eigenvalue weighted by Gasteiger charge is -2.28. The molecule has 7 nitrogen and oxygen atoms in total. The lowest BCUT2D eigenvalue weighted by Crippen LogP contribution is -2.37. The van der Waals surface area contributed by atoms with Gasteiger partial charge in [0.05, 0.1) is 6.20 Å². The Labute approximate surface area is 181 Å². The maximum Gasteiger partial charge on any atom is 0.263 e. The number of hydrogen-bond acceptors (Lipinski definition) is 4. The molecule has 0 spiro atoms. The zero-order chi connectivity index (χ0) is 22.0. The molecule has 0 bridgehead atoms. The van der Waals surface area contributed by atoms with Crippen molar-refractivity contribution in [3.8, 4) is 11.1 Å². The van der Waals surface area contributed by atoms with E-state index in [0.717, 1.165) is 48.1 Å². The van der Waals surface area contributed by atoms with E-state index >= 15 is 0 Å². The molecule has 1 fully saturated rings. The summed E-state index contributed by atoms with van der Waals surface area (Å²) in [6.07, 6.45) is 9.65. The molecule has 0 saturated heterocycles. The molecule has 0 radical (unpaired) electrons. The van der Waals surface area contributed by atoms with Gasteiger partial charge in [-0.1, -0.05) is 0 Å². The molecule has 1 aliphatic carbocycles. The van der Waals surface area contributed by atoms with Crippen LogP contribution in [-0.4, -0.2) is 32.2 Å². The van der Waals surface area contributed by atoms with Crippen molar-refractivity contribution in [2.24, 2.45) is 13.0 Å². The zero-order valence-corrected chi connectivity index (χ0v) is 18.3. The van der Waals surface area contributed by atoms with E-state index in [9.17, 15) is 9.59 Å². The molecule has 31 heavy (non-hydrogen) atoms. The summed E-state index contributed by atoms with van der Waals surface area (Å²) >= 11 is 0. The zero-order valence-electron chi connectivity index (χ0n) is 18.3. The van der Waals surface area contributed by atoms with Crippen molar-refractivity contribution in [3.05, 3.63) is 69.7 Å². The van der Waals surface area contributed by atoms with E-state index in [2.05, 4.69) is 20.5 Å². The molecule has 1 amide bonds. The average Bonchev–Trinajstić information content (AvgIpc) is 3.27. The van der Waals surface area contributed by atoms with Gasteiger partial charge in [0.1, 0.15) is 5.56 Å². The summed E-state index contributed by atoms with van der Waals surface area (Å²) in [6.45, 7) is 4.29. The molecule has 162 valence electrons. The second kappa shape index (κ2) is 8.88. The molecular weight excluding hydrogens is 390 g/mol. The van der Waals surface area contributed by atoms with E-state index in [1.807, 2.05) is 38.2 Å². The molecule has 3 heterocycles. The van der Waals surface area contributed by atoms with Crippen LogP contribution in [0.4, 0.5) is 0 Å². The molecule has 0 unspecified atom stereocenters. The quantitative estimate of drug-likeness (QED) is 0.662. The normalized spacial score (nSPS) is 18.7. The number of aryl methyl sites for hydroxylation is 2. The van der Waals surface area contributed by atoms with Crippen LogP contribution >= 0.6 is 0 Å². The van der Waals surface area contributed by atoms with Gasteiger partial charge in [-0.2, -0.15) is 5.10 Å². The Morgan fingerprint density at radius 2 is 1.90 bits per heavy atom. The van der Waals surface area contributed by atoms with E-state index in [0.29, 0.717) is 18.4 Å². The van der Waals surface area contributed by atoms with E-state index in [-0.39, 0.29) is 17.0 Å². The summed E-state index contributed by atoms with van der Waals surface area (Å²) in [6, 6.07) is 5.89. The van der Waals surface area contributed by atoms with E-state index in [4.69, 9.17) is 0 Å². The molecule has 7 heteroatoms. The highest BCUT2D eigenvalue weighted by Crippen LogP contribution is 2.38. The van der Waals surface area contributed by atoms with Gasteiger partial charge in [0, 0.05) is 48.9 Å². The van der Waals surface area contributed by atoms with Crippen molar-refractivity contribution in [3.63, 3.8) is 0 Å². The van der Waals surface area contributed by atoms with Crippen LogP contribution in [0.15, 0.2) is 41.6 Å². The van der Waals surface area contributed by atoms with Gasteiger partial charge >= 0.3 is 0 Å².